The molecule has 0 spiro atoms. The van der Waals surface area contributed by atoms with Crippen molar-refractivity contribution >= 4 is 47.2 Å². The number of nitrogens with zero attached hydrogens (tertiary/aromatic N) is 4. The Hall–Kier alpha value is -1.72. The molecule has 2 aromatic rings. The molecule has 1 aromatic carbocycles. The van der Waals surface area contributed by atoms with Gasteiger partial charge in [-0.15, -0.1) is 35.3 Å². The van der Waals surface area contributed by atoms with Crippen LogP contribution in [0.5, 0.6) is 0 Å². The van der Waals surface area contributed by atoms with Gasteiger partial charge in [0.05, 0.1) is 29.7 Å². The topological polar surface area (TPSA) is 86.8 Å². The van der Waals surface area contributed by atoms with Gasteiger partial charge >= 0.3 is 0 Å². The van der Waals surface area contributed by atoms with Crippen molar-refractivity contribution < 1.29 is 4.79 Å². The number of aliphatic imine (C=N–C) groups is 1. The Morgan fingerprint density at radius 2 is 2.19 bits per heavy atom. The summed E-state index contributed by atoms with van der Waals surface area (Å²) in [5.74, 6) is 0.667. The van der Waals surface area contributed by atoms with Gasteiger partial charge in [0.1, 0.15) is 0 Å². The van der Waals surface area contributed by atoms with Crippen LogP contribution in [0.2, 0.25) is 0 Å². The lowest BCUT2D eigenvalue weighted by Gasteiger charge is -2.31. The van der Waals surface area contributed by atoms with Crippen molar-refractivity contribution in [2.75, 3.05) is 26.7 Å². The summed E-state index contributed by atoms with van der Waals surface area (Å²) in [5, 5.41) is 6.56. The van der Waals surface area contributed by atoms with Crippen molar-refractivity contribution in [2.45, 2.75) is 46.3 Å². The van der Waals surface area contributed by atoms with Crippen LogP contribution in [0, 0.1) is 12.8 Å². The Morgan fingerprint density at radius 1 is 1.41 bits per heavy atom. The number of rotatable bonds is 8. The third kappa shape index (κ3) is 8.00. The summed E-state index contributed by atoms with van der Waals surface area (Å²) in [6.07, 6.45) is 1.93. The number of nitrogens with two attached hydrogens (primary N) is 1. The lowest BCUT2D eigenvalue weighted by Crippen LogP contribution is -2.40. The van der Waals surface area contributed by atoms with Crippen LogP contribution in [0.15, 0.2) is 34.6 Å². The van der Waals surface area contributed by atoms with Gasteiger partial charge in [-0.3, -0.25) is 9.69 Å². The Labute approximate surface area is 212 Å². The van der Waals surface area contributed by atoms with Crippen molar-refractivity contribution in [1.29, 1.82) is 0 Å². The van der Waals surface area contributed by atoms with Crippen molar-refractivity contribution in [2.24, 2.45) is 16.6 Å². The van der Waals surface area contributed by atoms with E-state index in [1.54, 1.807) is 11.3 Å². The molecule has 1 fully saturated rings. The van der Waals surface area contributed by atoms with Gasteiger partial charge in [-0.2, -0.15) is 0 Å². The van der Waals surface area contributed by atoms with Gasteiger partial charge in [-0.25, -0.2) is 9.98 Å². The minimum Gasteiger partial charge on any atom is -0.369 e. The Balaban J connectivity index is 0.00000363. The maximum absolute atomic E-state index is 11.5. The normalized spacial score (nSPS) is 17.0. The number of amides is 1. The number of carbonyl (C=O) groups excluding carboxylic acids is 1. The van der Waals surface area contributed by atoms with Crippen molar-refractivity contribution in [3.8, 4) is 0 Å². The summed E-state index contributed by atoms with van der Waals surface area (Å²) in [6, 6.07) is 8.56. The first-order valence-electron chi connectivity index (χ1n) is 10.9. The smallest absolute Gasteiger partial charge is 0.221 e. The van der Waals surface area contributed by atoms with Gasteiger partial charge in [0.25, 0.3) is 0 Å². The molecule has 3 rings (SSSR count). The molecule has 0 radical (unpaired) electrons. The number of benzene rings is 1. The fraction of sp³-hybridized carbons (Fsp3) is 0.522. The van der Waals surface area contributed by atoms with Crippen LogP contribution in [-0.4, -0.2) is 53.3 Å². The number of piperidine rings is 1. The van der Waals surface area contributed by atoms with Crippen LogP contribution >= 0.6 is 35.3 Å². The zero-order chi connectivity index (χ0) is 22.2. The minimum absolute atomic E-state index is 0. The molecule has 1 saturated heterocycles. The molecular formula is C23H35IN6OS. The Morgan fingerprint density at radius 3 is 2.88 bits per heavy atom. The number of aromatic nitrogens is 1. The number of nitrogens with one attached hydrogen (secondary N) is 1. The molecule has 0 bridgehead atoms. The highest BCUT2D eigenvalue weighted by Gasteiger charge is 2.23. The second-order valence-corrected chi connectivity index (χ2v) is 9.24. The molecule has 9 heteroatoms. The molecule has 1 unspecified atom stereocenters. The number of primary amides is 1. The van der Waals surface area contributed by atoms with Gasteiger partial charge < -0.3 is 16.0 Å². The van der Waals surface area contributed by atoms with E-state index in [9.17, 15) is 4.79 Å². The lowest BCUT2D eigenvalue weighted by molar-refractivity contribution is -0.123. The van der Waals surface area contributed by atoms with Crippen LogP contribution in [0.1, 0.15) is 41.6 Å². The highest BCUT2D eigenvalue weighted by atomic mass is 127. The van der Waals surface area contributed by atoms with Gasteiger partial charge in [0.15, 0.2) is 5.96 Å². The van der Waals surface area contributed by atoms with Crippen LogP contribution in [0.4, 0.5) is 0 Å². The third-order valence-electron chi connectivity index (χ3n) is 5.48. The molecule has 2 heterocycles. The molecule has 1 atom stereocenters. The van der Waals surface area contributed by atoms with Gasteiger partial charge in [0, 0.05) is 32.1 Å². The quantitative estimate of drug-likeness (QED) is 0.289. The highest BCUT2D eigenvalue weighted by Crippen LogP contribution is 2.19. The van der Waals surface area contributed by atoms with Crippen LogP contribution < -0.4 is 11.1 Å². The monoisotopic (exact) mass is 570 g/mol. The van der Waals surface area contributed by atoms with Crippen molar-refractivity contribution in [3.05, 3.63) is 51.5 Å². The number of likely N-dealkylation sites (tertiary alicyclic amines) is 1. The van der Waals surface area contributed by atoms with E-state index in [0.29, 0.717) is 6.54 Å². The van der Waals surface area contributed by atoms with E-state index in [-0.39, 0.29) is 35.8 Å². The third-order valence-corrected chi connectivity index (χ3v) is 6.30. The van der Waals surface area contributed by atoms with E-state index in [1.807, 2.05) is 14.0 Å². The summed E-state index contributed by atoms with van der Waals surface area (Å²) in [5.41, 5.74) is 9.00. The molecular weight excluding hydrogens is 535 g/mol. The number of carbonyl (C=O) groups is 1. The van der Waals surface area contributed by atoms with E-state index < -0.39 is 0 Å². The summed E-state index contributed by atoms with van der Waals surface area (Å²) < 4.78 is 0. The highest BCUT2D eigenvalue weighted by molar-refractivity contribution is 14.0. The fourth-order valence-corrected chi connectivity index (χ4v) is 4.55. The molecule has 3 N–H and O–H groups in total. The summed E-state index contributed by atoms with van der Waals surface area (Å²) in [4.78, 5) is 25.4. The number of aryl methyl sites for hydroxylation is 1. The van der Waals surface area contributed by atoms with Crippen LogP contribution in [0.3, 0.4) is 0 Å². The average Bonchev–Trinajstić information content (AvgIpc) is 3.16. The summed E-state index contributed by atoms with van der Waals surface area (Å²) in [7, 11) is 2.04. The standard InChI is InChI=1S/C23H34N6OS.HI/c1-4-25-23(28(3)15-21-16-31-17(2)27-21)26-12-18-7-5-8-19(11-18)13-29-10-6-9-20(14-29)22(24)30;/h5,7-8,11,16,20H,4,6,9-10,12-15H2,1-3H3,(H2,24,30)(H,25,26);1H. The molecule has 1 aliphatic heterocycles. The Kier molecular flexibility index (Phi) is 10.9. The van der Waals surface area contributed by atoms with Gasteiger partial charge in [0.2, 0.25) is 5.91 Å². The number of halogens is 1. The molecule has 0 saturated carbocycles. The van der Waals surface area contributed by atoms with Crippen LogP contribution in [-0.2, 0) is 24.4 Å². The lowest BCUT2D eigenvalue weighted by atomic mass is 9.97. The fourth-order valence-electron chi connectivity index (χ4n) is 3.95. The molecule has 1 aliphatic rings. The van der Waals surface area contributed by atoms with Crippen LogP contribution in [0.25, 0.3) is 0 Å². The average molecular weight is 571 g/mol. The van der Waals surface area contributed by atoms with E-state index >= 15 is 0 Å². The SMILES string of the molecule is CCNC(=NCc1cccc(CN2CCCC(C(N)=O)C2)c1)N(C)Cc1csc(C)n1.I. The van der Waals surface area contributed by atoms with E-state index in [0.717, 1.165) is 62.2 Å². The van der Waals surface area contributed by atoms with E-state index in [1.165, 1.54) is 11.1 Å². The molecule has 7 nitrogen and oxygen atoms in total. The van der Waals surface area contributed by atoms with Crippen molar-refractivity contribution in [1.82, 2.24) is 20.1 Å². The molecule has 176 valence electrons. The molecule has 1 aromatic heterocycles. The first-order valence-corrected chi connectivity index (χ1v) is 11.8. The maximum atomic E-state index is 11.5. The van der Waals surface area contributed by atoms with E-state index in [2.05, 4.69) is 56.7 Å². The number of hydrogen-bond donors (Lipinski definition) is 2. The number of hydrogen-bond acceptors (Lipinski definition) is 5. The molecule has 32 heavy (non-hydrogen) atoms. The molecule has 0 aliphatic carbocycles. The van der Waals surface area contributed by atoms with E-state index in [4.69, 9.17) is 10.7 Å². The second kappa shape index (κ2) is 13.1. The predicted molar refractivity (Wildman–Crippen MR) is 142 cm³/mol. The second-order valence-electron chi connectivity index (χ2n) is 8.18. The zero-order valence-corrected chi connectivity index (χ0v) is 22.4. The first kappa shape index (κ1) is 26.5. The predicted octanol–water partition coefficient (Wildman–Crippen LogP) is 3.36. The Bertz CT molecular complexity index is 902. The number of guanidine groups is 1. The summed E-state index contributed by atoms with van der Waals surface area (Å²) in [6.45, 7) is 8.86. The van der Waals surface area contributed by atoms with Gasteiger partial charge in [-0.05, 0) is 44.4 Å². The first-order chi connectivity index (χ1) is 14.9. The largest absolute Gasteiger partial charge is 0.369 e. The summed E-state index contributed by atoms with van der Waals surface area (Å²) >= 11 is 1.67. The minimum atomic E-state index is -0.180. The zero-order valence-electron chi connectivity index (χ0n) is 19.2. The van der Waals surface area contributed by atoms with Gasteiger partial charge in [-0.1, -0.05) is 24.3 Å². The molecule has 1 amide bonds. The number of thiazole rings is 1. The van der Waals surface area contributed by atoms with Crippen molar-refractivity contribution in [3.63, 3.8) is 0 Å². The maximum Gasteiger partial charge on any atom is 0.221 e.